The maximum atomic E-state index is 11.7. The normalized spacial score (nSPS) is 19.7. The number of rotatable bonds is 2. The quantitative estimate of drug-likeness (QED) is 0.733. The molecule has 0 bridgehead atoms. The zero-order valence-electron chi connectivity index (χ0n) is 8.55. The van der Waals surface area contributed by atoms with Gasteiger partial charge in [0, 0.05) is 19.0 Å². The van der Waals surface area contributed by atoms with E-state index in [2.05, 4.69) is 22.2 Å². The number of H-pyrrole nitrogens is 1. The molecule has 1 unspecified atom stereocenters. The molecule has 1 atom stereocenters. The largest absolute Gasteiger partial charge is 0.310 e. The van der Waals surface area contributed by atoms with Crippen LogP contribution in [0.4, 0.5) is 0 Å². The molecule has 14 heavy (non-hydrogen) atoms. The zero-order chi connectivity index (χ0) is 10.1. The highest BCUT2D eigenvalue weighted by atomic mass is 16.1. The summed E-state index contributed by atoms with van der Waals surface area (Å²) in [5.41, 5.74) is 1.76. The first-order valence-corrected chi connectivity index (χ1v) is 5.07. The van der Waals surface area contributed by atoms with Crippen LogP contribution in [-0.4, -0.2) is 9.97 Å². The van der Waals surface area contributed by atoms with Gasteiger partial charge in [-0.1, -0.05) is 6.92 Å². The molecule has 1 aliphatic heterocycles. The second-order valence-electron chi connectivity index (χ2n) is 3.73. The van der Waals surface area contributed by atoms with E-state index in [0.29, 0.717) is 0 Å². The molecule has 0 saturated carbocycles. The molecule has 0 aromatic carbocycles. The molecule has 4 nitrogen and oxygen atoms in total. The molecule has 0 fully saturated rings. The maximum Gasteiger partial charge on any atom is 0.255 e. The van der Waals surface area contributed by atoms with Gasteiger partial charge in [-0.2, -0.15) is 0 Å². The van der Waals surface area contributed by atoms with Crippen molar-refractivity contribution < 1.29 is 0 Å². The number of fused-ring (bicyclic) bond motifs is 1. The van der Waals surface area contributed by atoms with Crippen LogP contribution in [0.3, 0.4) is 0 Å². The van der Waals surface area contributed by atoms with E-state index in [9.17, 15) is 4.79 Å². The average molecular weight is 193 g/mol. The maximum absolute atomic E-state index is 11.7. The Morgan fingerprint density at radius 3 is 3.07 bits per heavy atom. The van der Waals surface area contributed by atoms with Gasteiger partial charge in [0.2, 0.25) is 0 Å². The van der Waals surface area contributed by atoms with Gasteiger partial charge in [0.1, 0.15) is 5.82 Å². The van der Waals surface area contributed by atoms with Crippen molar-refractivity contribution in [2.75, 3.05) is 0 Å². The first-order valence-electron chi connectivity index (χ1n) is 5.07. The molecule has 0 radical (unpaired) electrons. The number of hydrogen-bond acceptors (Lipinski definition) is 3. The molecular weight excluding hydrogens is 178 g/mol. The molecule has 0 saturated heterocycles. The minimum absolute atomic E-state index is 0.0240. The Hall–Kier alpha value is -1.16. The molecule has 1 aromatic rings. The van der Waals surface area contributed by atoms with Crippen LogP contribution in [0.5, 0.6) is 0 Å². The predicted molar refractivity (Wildman–Crippen MR) is 54.1 cm³/mol. The van der Waals surface area contributed by atoms with Gasteiger partial charge in [0.15, 0.2) is 0 Å². The third-order valence-electron chi connectivity index (χ3n) is 2.58. The van der Waals surface area contributed by atoms with E-state index in [1.807, 2.05) is 6.92 Å². The summed E-state index contributed by atoms with van der Waals surface area (Å²) in [6.07, 6.45) is 1.85. The lowest BCUT2D eigenvalue weighted by atomic mass is 10.1. The van der Waals surface area contributed by atoms with Crippen molar-refractivity contribution in [1.82, 2.24) is 15.3 Å². The van der Waals surface area contributed by atoms with Crippen LogP contribution < -0.4 is 10.9 Å². The van der Waals surface area contributed by atoms with Crippen molar-refractivity contribution in [2.24, 2.45) is 0 Å². The summed E-state index contributed by atoms with van der Waals surface area (Å²) >= 11 is 0. The molecule has 0 spiro atoms. The van der Waals surface area contributed by atoms with Gasteiger partial charge in [0.25, 0.3) is 5.56 Å². The highest BCUT2D eigenvalue weighted by Crippen LogP contribution is 2.18. The van der Waals surface area contributed by atoms with E-state index in [1.165, 1.54) is 0 Å². The number of aromatic nitrogens is 2. The minimum atomic E-state index is 0.0240. The van der Waals surface area contributed by atoms with E-state index in [0.717, 1.165) is 36.5 Å². The summed E-state index contributed by atoms with van der Waals surface area (Å²) in [5.74, 6) is 0.812. The Morgan fingerprint density at radius 2 is 2.36 bits per heavy atom. The topological polar surface area (TPSA) is 57.8 Å². The van der Waals surface area contributed by atoms with Gasteiger partial charge in [-0.25, -0.2) is 4.98 Å². The third-order valence-corrected chi connectivity index (χ3v) is 2.58. The first kappa shape index (κ1) is 9.40. The van der Waals surface area contributed by atoms with Crippen molar-refractivity contribution in [3.63, 3.8) is 0 Å². The fourth-order valence-electron chi connectivity index (χ4n) is 1.87. The van der Waals surface area contributed by atoms with E-state index in [1.54, 1.807) is 0 Å². The van der Waals surface area contributed by atoms with Crippen molar-refractivity contribution in [3.8, 4) is 0 Å². The molecule has 2 N–H and O–H groups in total. The minimum Gasteiger partial charge on any atom is -0.310 e. The molecular formula is C10H15N3O. The second kappa shape index (κ2) is 3.53. The van der Waals surface area contributed by atoms with E-state index < -0.39 is 0 Å². The van der Waals surface area contributed by atoms with Gasteiger partial charge >= 0.3 is 0 Å². The molecule has 76 valence electrons. The van der Waals surface area contributed by atoms with Crippen LogP contribution >= 0.6 is 0 Å². The standard InChI is InChI=1S/C10H15N3O/c1-3-4-8-12-7-5-11-6(2)9(7)10(14)13-8/h6,11H,3-5H2,1-2H3,(H,12,13,14). The first-order chi connectivity index (χ1) is 6.72. The smallest absolute Gasteiger partial charge is 0.255 e. The summed E-state index contributed by atoms with van der Waals surface area (Å²) in [6.45, 7) is 4.79. The Labute approximate surface area is 82.8 Å². The summed E-state index contributed by atoms with van der Waals surface area (Å²) in [6, 6.07) is 0.136. The Kier molecular flexibility index (Phi) is 2.37. The number of hydrogen-bond donors (Lipinski definition) is 2. The van der Waals surface area contributed by atoms with Crippen molar-refractivity contribution >= 4 is 0 Å². The zero-order valence-corrected chi connectivity index (χ0v) is 8.55. The van der Waals surface area contributed by atoms with Crippen LogP contribution in [0.1, 0.15) is 43.4 Å². The Bertz CT molecular complexity index is 397. The van der Waals surface area contributed by atoms with Crippen LogP contribution in [0.2, 0.25) is 0 Å². The SMILES string of the molecule is CCCc1nc2c(c(=O)[nH]1)C(C)NC2. The highest BCUT2D eigenvalue weighted by Gasteiger charge is 2.22. The molecule has 1 aliphatic rings. The number of nitrogens with zero attached hydrogens (tertiary/aromatic N) is 1. The van der Waals surface area contributed by atoms with Crippen LogP contribution in [0, 0.1) is 0 Å². The van der Waals surface area contributed by atoms with Gasteiger partial charge in [0.05, 0.1) is 11.3 Å². The lowest BCUT2D eigenvalue weighted by Crippen LogP contribution is -2.19. The molecule has 0 amide bonds. The Morgan fingerprint density at radius 1 is 1.57 bits per heavy atom. The van der Waals surface area contributed by atoms with Crippen molar-refractivity contribution in [1.29, 1.82) is 0 Å². The van der Waals surface area contributed by atoms with E-state index in [4.69, 9.17) is 0 Å². The number of aromatic amines is 1. The van der Waals surface area contributed by atoms with E-state index >= 15 is 0 Å². The van der Waals surface area contributed by atoms with Gasteiger partial charge in [-0.3, -0.25) is 4.79 Å². The fraction of sp³-hybridized carbons (Fsp3) is 0.600. The lowest BCUT2D eigenvalue weighted by Gasteiger charge is -2.03. The summed E-state index contributed by atoms with van der Waals surface area (Å²) in [4.78, 5) is 19.0. The lowest BCUT2D eigenvalue weighted by molar-refractivity contribution is 0.629. The van der Waals surface area contributed by atoms with E-state index in [-0.39, 0.29) is 11.6 Å². The second-order valence-corrected chi connectivity index (χ2v) is 3.73. The van der Waals surface area contributed by atoms with Crippen LogP contribution in [0.25, 0.3) is 0 Å². The number of nitrogens with one attached hydrogen (secondary N) is 2. The summed E-state index contributed by atoms with van der Waals surface area (Å²) in [7, 11) is 0. The van der Waals surface area contributed by atoms with Crippen LogP contribution in [0.15, 0.2) is 4.79 Å². The van der Waals surface area contributed by atoms with Gasteiger partial charge < -0.3 is 10.3 Å². The third kappa shape index (κ3) is 1.46. The molecule has 2 rings (SSSR count). The average Bonchev–Trinajstić information content (AvgIpc) is 2.48. The van der Waals surface area contributed by atoms with Crippen molar-refractivity contribution in [3.05, 3.63) is 27.4 Å². The highest BCUT2D eigenvalue weighted by molar-refractivity contribution is 5.25. The molecule has 2 heterocycles. The summed E-state index contributed by atoms with van der Waals surface area (Å²) in [5, 5.41) is 3.21. The molecule has 4 heteroatoms. The number of aryl methyl sites for hydroxylation is 1. The predicted octanol–water partition coefficient (Wildman–Crippen LogP) is 0.887. The van der Waals surface area contributed by atoms with Gasteiger partial charge in [-0.15, -0.1) is 0 Å². The molecule has 1 aromatic heterocycles. The van der Waals surface area contributed by atoms with Crippen molar-refractivity contribution in [2.45, 2.75) is 39.3 Å². The Balaban J connectivity index is 2.46. The summed E-state index contributed by atoms with van der Waals surface area (Å²) < 4.78 is 0. The monoisotopic (exact) mass is 193 g/mol. The van der Waals surface area contributed by atoms with Crippen LogP contribution in [-0.2, 0) is 13.0 Å². The molecule has 0 aliphatic carbocycles. The van der Waals surface area contributed by atoms with Gasteiger partial charge in [-0.05, 0) is 13.3 Å². The fourth-order valence-corrected chi connectivity index (χ4v) is 1.87.